The molecule has 2 nitrogen and oxygen atoms in total. The molecule has 0 bridgehead atoms. The number of amidine groups is 1. The van der Waals surface area contributed by atoms with E-state index >= 15 is 0 Å². The Morgan fingerprint density at radius 2 is 2.30 bits per heavy atom. The van der Waals surface area contributed by atoms with E-state index in [9.17, 15) is 0 Å². The fraction of sp³-hybridized carbons (Fsp3) is 0.875. The highest BCUT2D eigenvalue weighted by Crippen LogP contribution is 2.21. The zero-order valence-electron chi connectivity index (χ0n) is 6.64. The summed E-state index contributed by atoms with van der Waals surface area (Å²) in [6.07, 6.45) is 5.93. The third-order valence-corrected chi connectivity index (χ3v) is 1.93. The molecule has 0 aliphatic heterocycles. The molecule has 1 fully saturated rings. The van der Waals surface area contributed by atoms with Gasteiger partial charge in [0, 0.05) is 6.42 Å². The number of aliphatic imine (C=N–C) groups is 1. The van der Waals surface area contributed by atoms with Crippen molar-refractivity contribution in [2.75, 3.05) is 0 Å². The van der Waals surface area contributed by atoms with Gasteiger partial charge in [0.05, 0.1) is 11.9 Å². The first-order valence-corrected chi connectivity index (χ1v) is 4.15. The van der Waals surface area contributed by atoms with E-state index in [4.69, 9.17) is 5.73 Å². The van der Waals surface area contributed by atoms with Crippen LogP contribution in [0.3, 0.4) is 0 Å². The summed E-state index contributed by atoms with van der Waals surface area (Å²) in [5.41, 5.74) is 5.64. The van der Waals surface area contributed by atoms with Gasteiger partial charge in [-0.05, 0) is 25.7 Å². The monoisotopic (exact) mass is 140 g/mol. The van der Waals surface area contributed by atoms with Crippen molar-refractivity contribution in [2.24, 2.45) is 10.7 Å². The van der Waals surface area contributed by atoms with E-state index in [2.05, 4.69) is 11.9 Å². The number of rotatable bonds is 3. The summed E-state index contributed by atoms with van der Waals surface area (Å²) >= 11 is 0. The molecule has 58 valence electrons. The molecule has 0 aromatic carbocycles. The van der Waals surface area contributed by atoms with Crippen LogP contribution in [0.4, 0.5) is 0 Å². The molecule has 0 amide bonds. The van der Waals surface area contributed by atoms with Gasteiger partial charge in [-0.15, -0.1) is 0 Å². The minimum Gasteiger partial charge on any atom is -0.387 e. The van der Waals surface area contributed by atoms with Crippen LogP contribution in [0.1, 0.15) is 39.0 Å². The first kappa shape index (κ1) is 7.58. The van der Waals surface area contributed by atoms with Gasteiger partial charge >= 0.3 is 0 Å². The van der Waals surface area contributed by atoms with E-state index in [0.717, 1.165) is 18.7 Å². The first-order valence-electron chi connectivity index (χ1n) is 4.15. The predicted molar refractivity (Wildman–Crippen MR) is 44.2 cm³/mol. The fourth-order valence-electron chi connectivity index (χ4n) is 1.07. The van der Waals surface area contributed by atoms with Gasteiger partial charge < -0.3 is 5.73 Å². The van der Waals surface area contributed by atoms with Crippen LogP contribution in [-0.2, 0) is 0 Å². The van der Waals surface area contributed by atoms with Gasteiger partial charge in [0.15, 0.2) is 0 Å². The number of nitrogens with zero attached hydrogens (tertiary/aromatic N) is 1. The second-order valence-electron chi connectivity index (χ2n) is 2.96. The average Bonchev–Trinajstić information content (AvgIpc) is 1.80. The lowest BCUT2D eigenvalue weighted by Crippen LogP contribution is -2.21. The van der Waals surface area contributed by atoms with Crippen LogP contribution >= 0.6 is 0 Å². The van der Waals surface area contributed by atoms with Crippen LogP contribution in [0.2, 0.25) is 0 Å². The molecule has 0 aromatic heterocycles. The zero-order valence-corrected chi connectivity index (χ0v) is 6.64. The van der Waals surface area contributed by atoms with Gasteiger partial charge in [0.25, 0.3) is 0 Å². The summed E-state index contributed by atoms with van der Waals surface area (Å²) in [5, 5.41) is 0. The molecule has 1 saturated carbocycles. The highest BCUT2D eigenvalue weighted by molar-refractivity contribution is 5.80. The number of hydrogen-bond donors (Lipinski definition) is 1. The van der Waals surface area contributed by atoms with Crippen molar-refractivity contribution in [3.63, 3.8) is 0 Å². The molecule has 10 heavy (non-hydrogen) atoms. The molecule has 1 aliphatic rings. The molecule has 2 heteroatoms. The summed E-state index contributed by atoms with van der Waals surface area (Å²) in [5.74, 6) is 0.854. The summed E-state index contributed by atoms with van der Waals surface area (Å²) in [6.45, 7) is 2.13. The lowest BCUT2D eigenvalue weighted by atomic mass is 9.94. The molecule has 0 atom stereocenters. The second kappa shape index (κ2) is 3.59. The quantitative estimate of drug-likeness (QED) is 0.470. The van der Waals surface area contributed by atoms with Gasteiger partial charge in [-0.2, -0.15) is 0 Å². The fourth-order valence-corrected chi connectivity index (χ4v) is 1.07. The van der Waals surface area contributed by atoms with Crippen molar-refractivity contribution in [3.05, 3.63) is 0 Å². The molecule has 0 saturated heterocycles. The SMILES string of the molecule is CCCC(N)=NC1CCC1. The topological polar surface area (TPSA) is 38.4 Å². The summed E-state index contributed by atoms with van der Waals surface area (Å²) in [7, 11) is 0. The van der Waals surface area contributed by atoms with Crippen LogP contribution in [0.15, 0.2) is 4.99 Å². The minimum absolute atomic E-state index is 0.576. The van der Waals surface area contributed by atoms with Gasteiger partial charge in [-0.1, -0.05) is 6.92 Å². The molecule has 1 aliphatic carbocycles. The molecule has 0 unspecified atom stereocenters. The maximum Gasteiger partial charge on any atom is 0.0940 e. The van der Waals surface area contributed by atoms with Crippen molar-refractivity contribution in [1.82, 2.24) is 0 Å². The Morgan fingerprint density at radius 3 is 2.70 bits per heavy atom. The molecule has 2 N–H and O–H groups in total. The van der Waals surface area contributed by atoms with E-state index in [-0.39, 0.29) is 0 Å². The van der Waals surface area contributed by atoms with Gasteiger partial charge in [-0.25, -0.2) is 0 Å². The average molecular weight is 140 g/mol. The van der Waals surface area contributed by atoms with Gasteiger partial charge in [0.2, 0.25) is 0 Å². The van der Waals surface area contributed by atoms with Crippen molar-refractivity contribution in [1.29, 1.82) is 0 Å². The van der Waals surface area contributed by atoms with Crippen LogP contribution in [0.25, 0.3) is 0 Å². The van der Waals surface area contributed by atoms with E-state index in [1.165, 1.54) is 19.3 Å². The van der Waals surface area contributed by atoms with E-state index in [1.54, 1.807) is 0 Å². The Bertz CT molecular complexity index is 125. The summed E-state index contributed by atoms with van der Waals surface area (Å²) < 4.78 is 0. The smallest absolute Gasteiger partial charge is 0.0940 e. The van der Waals surface area contributed by atoms with Crippen molar-refractivity contribution >= 4 is 5.84 Å². The molecule has 0 spiro atoms. The maximum absolute atomic E-state index is 5.64. The molecule has 0 heterocycles. The van der Waals surface area contributed by atoms with Gasteiger partial charge in [-0.3, -0.25) is 4.99 Å². The predicted octanol–water partition coefficient (Wildman–Crippen LogP) is 1.70. The van der Waals surface area contributed by atoms with Gasteiger partial charge in [0.1, 0.15) is 0 Å². The van der Waals surface area contributed by atoms with Crippen LogP contribution in [-0.4, -0.2) is 11.9 Å². The largest absolute Gasteiger partial charge is 0.387 e. The molecular formula is C8H16N2. The first-order chi connectivity index (χ1) is 4.83. The Hall–Kier alpha value is -0.530. The lowest BCUT2D eigenvalue weighted by Gasteiger charge is -2.21. The third kappa shape index (κ3) is 2.01. The van der Waals surface area contributed by atoms with Crippen LogP contribution in [0.5, 0.6) is 0 Å². The Kier molecular flexibility index (Phi) is 2.72. The third-order valence-electron chi connectivity index (χ3n) is 1.93. The molecule has 0 aromatic rings. The normalized spacial score (nSPS) is 20.7. The van der Waals surface area contributed by atoms with Crippen LogP contribution in [0, 0.1) is 0 Å². The zero-order chi connectivity index (χ0) is 7.40. The van der Waals surface area contributed by atoms with Crippen LogP contribution < -0.4 is 5.73 Å². The Labute approximate surface area is 62.5 Å². The van der Waals surface area contributed by atoms with Crippen molar-refractivity contribution in [3.8, 4) is 0 Å². The highest BCUT2D eigenvalue weighted by atomic mass is 14.9. The highest BCUT2D eigenvalue weighted by Gasteiger charge is 2.15. The molecule has 1 rings (SSSR count). The lowest BCUT2D eigenvalue weighted by molar-refractivity contribution is 0.419. The standard InChI is InChI=1S/C8H16N2/c1-2-4-8(9)10-7-5-3-6-7/h7H,2-6H2,1H3,(H2,9,10). The van der Waals surface area contributed by atoms with Crippen molar-refractivity contribution in [2.45, 2.75) is 45.1 Å². The van der Waals surface area contributed by atoms with E-state index in [1.807, 2.05) is 0 Å². The van der Waals surface area contributed by atoms with E-state index < -0.39 is 0 Å². The second-order valence-corrected chi connectivity index (χ2v) is 2.96. The summed E-state index contributed by atoms with van der Waals surface area (Å²) in [6, 6.07) is 0.576. The van der Waals surface area contributed by atoms with Crippen molar-refractivity contribution < 1.29 is 0 Å². The Balaban J connectivity index is 2.22. The Morgan fingerprint density at radius 1 is 1.60 bits per heavy atom. The maximum atomic E-state index is 5.64. The summed E-state index contributed by atoms with van der Waals surface area (Å²) in [4.78, 5) is 4.37. The minimum atomic E-state index is 0.576. The van der Waals surface area contributed by atoms with E-state index in [0.29, 0.717) is 6.04 Å². The number of hydrogen-bond acceptors (Lipinski definition) is 1. The molecule has 0 radical (unpaired) electrons. The molecular weight excluding hydrogens is 124 g/mol. The number of nitrogens with two attached hydrogens (primary N) is 1.